The molecule has 0 aromatic heterocycles. The average Bonchev–Trinajstić information content (AvgIpc) is 3.21. The molecule has 2 aliphatic heterocycles. The third kappa shape index (κ3) is 2.26. The Hall–Kier alpha value is -1.56. The average molecular weight is 336 g/mol. The van der Waals surface area contributed by atoms with Gasteiger partial charge < -0.3 is 18.9 Å². The molecule has 4 aliphatic rings. The van der Waals surface area contributed by atoms with Gasteiger partial charge in [-0.2, -0.15) is 0 Å². The maximum atomic E-state index is 12.3. The molecule has 6 nitrogen and oxygen atoms in total. The SMILES string of the molecule is COC(=O)C1C(OC(=O)OC(C)(C)C)C2OC1C1C3C=CC(C3)C21. The lowest BCUT2D eigenvalue weighted by atomic mass is 9.68. The van der Waals surface area contributed by atoms with Crippen molar-refractivity contribution in [2.45, 2.75) is 51.1 Å². The zero-order valence-corrected chi connectivity index (χ0v) is 14.4. The number of allylic oxidation sites excluding steroid dienone is 2. The van der Waals surface area contributed by atoms with Gasteiger partial charge in [-0.3, -0.25) is 4.79 Å². The molecular weight excluding hydrogens is 312 g/mol. The van der Waals surface area contributed by atoms with Crippen LogP contribution < -0.4 is 0 Å². The second kappa shape index (κ2) is 5.22. The van der Waals surface area contributed by atoms with E-state index in [-0.39, 0.29) is 18.2 Å². The van der Waals surface area contributed by atoms with Gasteiger partial charge in [-0.1, -0.05) is 12.2 Å². The van der Waals surface area contributed by atoms with Gasteiger partial charge in [0.15, 0.2) is 0 Å². The smallest absolute Gasteiger partial charge is 0.469 e. The predicted octanol–water partition coefficient (Wildman–Crippen LogP) is 2.32. The number of methoxy groups -OCH3 is 1. The van der Waals surface area contributed by atoms with Crippen LogP contribution in [0.1, 0.15) is 27.2 Å². The molecule has 8 unspecified atom stereocenters. The largest absolute Gasteiger partial charge is 0.509 e. The van der Waals surface area contributed by atoms with E-state index in [1.165, 1.54) is 7.11 Å². The minimum Gasteiger partial charge on any atom is -0.469 e. The first-order chi connectivity index (χ1) is 11.3. The van der Waals surface area contributed by atoms with Crippen LogP contribution in [-0.4, -0.2) is 43.1 Å². The summed E-state index contributed by atoms with van der Waals surface area (Å²) in [6, 6.07) is 0. The molecule has 1 saturated carbocycles. The molecule has 0 aromatic carbocycles. The first-order valence-corrected chi connectivity index (χ1v) is 8.61. The maximum Gasteiger partial charge on any atom is 0.509 e. The van der Waals surface area contributed by atoms with E-state index in [4.69, 9.17) is 18.9 Å². The van der Waals surface area contributed by atoms with Crippen LogP contribution in [0.5, 0.6) is 0 Å². The third-order valence-electron chi connectivity index (χ3n) is 5.78. The first kappa shape index (κ1) is 15.9. The van der Waals surface area contributed by atoms with E-state index in [9.17, 15) is 9.59 Å². The van der Waals surface area contributed by atoms with Crippen LogP contribution >= 0.6 is 0 Å². The van der Waals surface area contributed by atoms with E-state index in [1.807, 2.05) is 0 Å². The molecule has 132 valence electrons. The van der Waals surface area contributed by atoms with Gasteiger partial charge in [0.2, 0.25) is 0 Å². The number of fused-ring (bicyclic) bond motifs is 9. The summed E-state index contributed by atoms with van der Waals surface area (Å²) in [4.78, 5) is 24.5. The zero-order valence-electron chi connectivity index (χ0n) is 14.4. The van der Waals surface area contributed by atoms with E-state index in [1.54, 1.807) is 20.8 Å². The second-order valence-corrected chi connectivity index (χ2v) is 8.26. The molecule has 8 atom stereocenters. The van der Waals surface area contributed by atoms with Crippen LogP contribution in [0.4, 0.5) is 4.79 Å². The lowest BCUT2D eigenvalue weighted by Crippen LogP contribution is -2.50. The number of rotatable bonds is 2. The van der Waals surface area contributed by atoms with Crippen molar-refractivity contribution < 1.29 is 28.5 Å². The molecule has 0 aromatic rings. The van der Waals surface area contributed by atoms with Crippen molar-refractivity contribution in [1.29, 1.82) is 0 Å². The Bertz CT molecular complexity index is 591. The summed E-state index contributed by atoms with van der Waals surface area (Å²) >= 11 is 0. The van der Waals surface area contributed by atoms with Crippen LogP contribution in [0, 0.1) is 29.6 Å². The minimum atomic E-state index is -0.757. The zero-order chi connectivity index (χ0) is 17.2. The van der Waals surface area contributed by atoms with Crippen molar-refractivity contribution in [1.82, 2.24) is 0 Å². The number of carbonyl (C=O) groups is 2. The molecule has 6 heteroatoms. The molecule has 2 aliphatic carbocycles. The summed E-state index contributed by atoms with van der Waals surface area (Å²) < 4.78 is 21.9. The molecule has 2 saturated heterocycles. The standard InChI is InChI=1S/C18H24O6/c1-18(2,3)24-17(20)23-15-12(16(19)21-4)13-10-8-5-6-9(7-8)11(10)14(15)22-13/h5-6,8-15H,7H2,1-4H3. The summed E-state index contributed by atoms with van der Waals surface area (Å²) in [5.41, 5.74) is -0.645. The fourth-order valence-electron chi connectivity index (χ4n) is 5.13. The van der Waals surface area contributed by atoms with Gasteiger partial charge in [0.25, 0.3) is 0 Å². The van der Waals surface area contributed by atoms with E-state index in [0.717, 1.165) is 6.42 Å². The van der Waals surface area contributed by atoms with E-state index < -0.39 is 23.8 Å². The summed E-state index contributed by atoms with van der Waals surface area (Å²) in [6.07, 6.45) is 3.72. The van der Waals surface area contributed by atoms with E-state index in [0.29, 0.717) is 23.7 Å². The van der Waals surface area contributed by atoms with Crippen molar-refractivity contribution in [3.05, 3.63) is 12.2 Å². The minimum absolute atomic E-state index is 0.236. The van der Waals surface area contributed by atoms with Crippen LogP contribution in [-0.2, 0) is 23.7 Å². The molecule has 4 bridgehead atoms. The summed E-state index contributed by atoms with van der Waals surface area (Å²) in [7, 11) is 1.36. The van der Waals surface area contributed by atoms with E-state index >= 15 is 0 Å². The number of hydrogen-bond acceptors (Lipinski definition) is 6. The van der Waals surface area contributed by atoms with Crippen LogP contribution in [0.25, 0.3) is 0 Å². The lowest BCUT2D eigenvalue weighted by molar-refractivity contribution is -0.153. The Labute approximate surface area is 141 Å². The van der Waals surface area contributed by atoms with Gasteiger partial charge in [-0.25, -0.2) is 4.79 Å². The topological polar surface area (TPSA) is 71.1 Å². The quantitative estimate of drug-likeness (QED) is 0.569. The fourth-order valence-corrected chi connectivity index (χ4v) is 5.13. The number of esters is 1. The molecule has 24 heavy (non-hydrogen) atoms. The fraction of sp³-hybridized carbons (Fsp3) is 0.778. The monoisotopic (exact) mass is 336 g/mol. The van der Waals surface area contributed by atoms with E-state index in [2.05, 4.69) is 12.2 Å². The van der Waals surface area contributed by atoms with Gasteiger partial charge in [-0.15, -0.1) is 0 Å². The van der Waals surface area contributed by atoms with Gasteiger partial charge in [0.1, 0.15) is 17.6 Å². The Morgan fingerprint density at radius 1 is 1.08 bits per heavy atom. The molecule has 2 heterocycles. The number of hydrogen-bond donors (Lipinski definition) is 0. The Kier molecular flexibility index (Phi) is 3.46. The molecular formula is C18H24O6. The van der Waals surface area contributed by atoms with Gasteiger partial charge >= 0.3 is 12.1 Å². The summed E-state index contributed by atoms with van der Waals surface area (Å²) in [5.74, 6) is 0.622. The van der Waals surface area contributed by atoms with Crippen LogP contribution in [0.2, 0.25) is 0 Å². The van der Waals surface area contributed by atoms with Gasteiger partial charge in [-0.05, 0) is 44.9 Å². The highest BCUT2D eigenvalue weighted by Crippen LogP contribution is 2.62. The van der Waals surface area contributed by atoms with Crippen molar-refractivity contribution >= 4 is 12.1 Å². The molecule has 0 radical (unpaired) electrons. The summed E-state index contributed by atoms with van der Waals surface area (Å²) in [6.45, 7) is 5.33. The molecule has 0 amide bonds. The van der Waals surface area contributed by atoms with Crippen molar-refractivity contribution in [2.24, 2.45) is 29.6 Å². The highest BCUT2D eigenvalue weighted by Gasteiger charge is 2.69. The number of carbonyl (C=O) groups excluding carboxylic acids is 2. The molecule has 4 rings (SSSR count). The summed E-state index contributed by atoms with van der Waals surface area (Å²) in [5, 5.41) is 0. The first-order valence-electron chi connectivity index (χ1n) is 8.61. The Morgan fingerprint density at radius 2 is 1.71 bits per heavy atom. The van der Waals surface area contributed by atoms with Crippen LogP contribution in [0.3, 0.4) is 0 Å². The molecule has 3 fully saturated rings. The maximum absolute atomic E-state index is 12.3. The lowest BCUT2D eigenvalue weighted by Gasteiger charge is -2.36. The van der Waals surface area contributed by atoms with Gasteiger partial charge in [0.05, 0.1) is 19.3 Å². The van der Waals surface area contributed by atoms with Gasteiger partial charge in [0, 0.05) is 5.92 Å². The Balaban J connectivity index is 1.57. The Morgan fingerprint density at radius 3 is 2.29 bits per heavy atom. The highest BCUT2D eigenvalue weighted by molar-refractivity contribution is 5.75. The normalized spacial score (nSPS) is 44.5. The second-order valence-electron chi connectivity index (χ2n) is 8.26. The van der Waals surface area contributed by atoms with Crippen molar-refractivity contribution in [2.75, 3.05) is 7.11 Å². The van der Waals surface area contributed by atoms with Crippen molar-refractivity contribution in [3.63, 3.8) is 0 Å². The predicted molar refractivity (Wildman–Crippen MR) is 83.0 cm³/mol. The number of ether oxygens (including phenoxy) is 4. The molecule has 0 N–H and O–H groups in total. The van der Waals surface area contributed by atoms with Crippen LogP contribution in [0.15, 0.2) is 12.2 Å². The van der Waals surface area contributed by atoms with Crippen molar-refractivity contribution in [3.8, 4) is 0 Å². The third-order valence-corrected chi connectivity index (χ3v) is 5.78. The molecule has 0 spiro atoms. The highest BCUT2D eigenvalue weighted by atomic mass is 16.7.